The van der Waals surface area contributed by atoms with Crippen molar-refractivity contribution in [1.82, 2.24) is 29.4 Å². The molecule has 1 saturated heterocycles. The number of amides is 2. The van der Waals surface area contributed by atoms with Crippen LogP contribution in [0, 0.1) is 0 Å². The van der Waals surface area contributed by atoms with Gasteiger partial charge in [0.15, 0.2) is 17.0 Å². The Balaban J connectivity index is 1.36. The van der Waals surface area contributed by atoms with Gasteiger partial charge >= 0.3 is 0 Å². The van der Waals surface area contributed by atoms with Gasteiger partial charge in [-0.25, -0.2) is 9.97 Å². The summed E-state index contributed by atoms with van der Waals surface area (Å²) in [6.07, 6.45) is 4.97. The van der Waals surface area contributed by atoms with E-state index >= 15 is 0 Å². The minimum atomic E-state index is -0.132. The van der Waals surface area contributed by atoms with Crippen LogP contribution in [0.1, 0.15) is 19.8 Å². The van der Waals surface area contributed by atoms with Crippen molar-refractivity contribution in [3.05, 3.63) is 67.1 Å². The van der Waals surface area contributed by atoms with Crippen molar-refractivity contribution in [3.63, 3.8) is 0 Å². The zero-order valence-corrected chi connectivity index (χ0v) is 21.4. The summed E-state index contributed by atoms with van der Waals surface area (Å²) in [6, 6.07) is 17.3. The number of carbonyl (C=O) groups is 2. The van der Waals surface area contributed by atoms with Gasteiger partial charge in [-0.1, -0.05) is 24.3 Å². The van der Waals surface area contributed by atoms with Gasteiger partial charge in [-0.2, -0.15) is 9.97 Å². The maximum Gasteiger partial charge on any atom is 0.232 e. The van der Waals surface area contributed by atoms with Crippen LogP contribution in [0.2, 0.25) is 0 Å². The van der Waals surface area contributed by atoms with E-state index in [0.29, 0.717) is 53.9 Å². The summed E-state index contributed by atoms with van der Waals surface area (Å²) in [4.78, 5) is 44.1. The standard InChI is InChI=1S/C28H27N9O2/c1-18(38)31-20-8-10-21(11-9-20)32-26-24-27(37(17-30-24)16-15-36-14-4-7-23(36)39)35-28(34-26)33-25-22-6-3-2-5-19(22)12-13-29-25/h2-3,5-6,8-13,17H,4,7,14-16H2,1H3,(H,31,38)(H2,29,32,33,34,35). The van der Waals surface area contributed by atoms with Gasteiger partial charge in [0, 0.05) is 55.9 Å². The van der Waals surface area contributed by atoms with E-state index < -0.39 is 0 Å². The number of hydrogen-bond acceptors (Lipinski definition) is 8. The van der Waals surface area contributed by atoms with Gasteiger partial charge in [0.2, 0.25) is 17.8 Å². The second kappa shape index (κ2) is 10.4. The molecule has 0 unspecified atom stereocenters. The molecular weight excluding hydrogens is 494 g/mol. The molecule has 5 aromatic rings. The maximum atomic E-state index is 12.1. The molecule has 3 N–H and O–H groups in total. The van der Waals surface area contributed by atoms with Crippen molar-refractivity contribution in [3.8, 4) is 0 Å². The molecule has 11 nitrogen and oxygen atoms in total. The lowest BCUT2D eigenvalue weighted by Crippen LogP contribution is -2.28. The monoisotopic (exact) mass is 521 g/mol. The van der Waals surface area contributed by atoms with Crippen molar-refractivity contribution in [2.24, 2.45) is 0 Å². The molecule has 0 radical (unpaired) electrons. The van der Waals surface area contributed by atoms with Crippen molar-refractivity contribution in [1.29, 1.82) is 0 Å². The molecule has 0 bridgehead atoms. The topological polar surface area (TPSA) is 130 Å². The molecule has 2 amide bonds. The zero-order chi connectivity index (χ0) is 26.8. The predicted molar refractivity (Wildman–Crippen MR) is 150 cm³/mol. The average Bonchev–Trinajstić information content (AvgIpc) is 3.54. The number of carbonyl (C=O) groups excluding carboxylic acids is 2. The molecule has 2 aromatic carbocycles. The number of hydrogen-bond donors (Lipinski definition) is 3. The first kappa shape index (κ1) is 24.3. The van der Waals surface area contributed by atoms with Crippen LogP contribution in [0.15, 0.2) is 67.1 Å². The Kier molecular flexibility index (Phi) is 6.45. The van der Waals surface area contributed by atoms with Gasteiger partial charge in [-0.05, 0) is 42.1 Å². The Bertz CT molecular complexity index is 1680. The van der Waals surface area contributed by atoms with Crippen LogP contribution in [0.3, 0.4) is 0 Å². The lowest BCUT2D eigenvalue weighted by atomic mass is 10.1. The summed E-state index contributed by atoms with van der Waals surface area (Å²) in [6.45, 7) is 3.41. The highest BCUT2D eigenvalue weighted by Crippen LogP contribution is 2.28. The Morgan fingerprint density at radius 1 is 0.923 bits per heavy atom. The van der Waals surface area contributed by atoms with E-state index in [2.05, 4.69) is 25.9 Å². The summed E-state index contributed by atoms with van der Waals surface area (Å²) in [5.41, 5.74) is 2.71. The normalized spacial score (nSPS) is 13.3. The highest BCUT2D eigenvalue weighted by Gasteiger charge is 2.21. The summed E-state index contributed by atoms with van der Waals surface area (Å²) in [5.74, 6) is 1.58. The molecule has 0 saturated carbocycles. The van der Waals surface area contributed by atoms with Gasteiger partial charge < -0.3 is 25.4 Å². The Morgan fingerprint density at radius 2 is 1.74 bits per heavy atom. The molecular formula is C28H27N9O2. The number of pyridine rings is 1. The largest absolute Gasteiger partial charge is 0.341 e. The van der Waals surface area contributed by atoms with Crippen molar-refractivity contribution >= 4 is 62.7 Å². The zero-order valence-electron chi connectivity index (χ0n) is 21.4. The van der Waals surface area contributed by atoms with E-state index in [4.69, 9.17) is 9.97 Å². The van der Waals surface area contributed by atoms with Gasteiger partial charge in [-0.3, -0.25) is 9.59 Å². The maximum absolute atomic E-state index is 12.1. The van der Waals surface area contributed by atoms with Crippen LogP contribution in [-0.2, 0) is 16.1 Å². The molecule has 39 heavy (non-hydrogen) atoms. The summed E-state index contributed by atoms with van der Waals surface area (Å²) in [5, 5.41) is 11.4. The summed E-state index contributed by atoms with van der Waals surface area (Å²) in [7, 11) is 0. The Morgan fingerprint density at radius 3 is 2.54 bits per heavy atom. The van der Waals surface area contributed by atoms with Gasteiger partial charge in [-0.15, -0.1) is 0 Å². The average molecular weight is 522 g/mol. The fourth-order valence-electron chi connectivity index (χ4n) is 4.72. The van der Waals surface area contributed by atoms with Crippen LogP contribution >= 0.6 is 0 Å². The van der Waals surface area contributed by atoms with Crippen LogP contribution in [0.25, 0.3) is 21.9 Å². The first-order valence-electron chi connectivity index (χ1n) is 12.8. The SMILES string of the molecule is CC(=O)Nc1ccc(Nc2nc(Nc3nccc4ccccc34)nc3c2ncn3CCN2CCCC2=O)cc1. The molecule has 11 heteroatoms. The Hall–Kier alpha value is -5.06. The van der Waals surface area contributed by atoms with Crippen LogP contribution in [0.4, 0.5) is 29.0 Å². The quantitative estimate of drug-likeness (QED) is 0.273. The van der Waals surface area contributed by atoms with Crippen LogP contribution in [0.5, 0.6) is 0 Å². The number of imidazole rings is 1. The predicted octanol–water partition coefficient (Wildman–Crippen LogP) is 4.44. The van der Waals surface area contributed by atoms with Crippen molar-refractivity contribution in [2.45, 2.75) is 26.3 Å². The highest BCUT2D eigenvalue weighted by molar-refractivity contribution is 5.94. The third kappa shape index (κ3) is 5.19. The summed E-state index contributed by atoms with van der Waals surface area (Å²) < 4.78 is 1.94. The molecule has 1 aliphatic heterocycles. The van der Waals surface area contributed by atoms with Gasteiger partial charge in [0.05, 0.1) is 6.33 Å². The van der Waals surface area contributed by atoms with E-state index in [0.717, 1.165) is 29.4 Å². The number of aromatic nitrogens is 5. The number of rotatable bonds is 8. The van der Waals surface area contributed by atoms with Crippen molar-refractivity contribution in [2.75, 3.05) is 29.0 Å². The molecule has 196 valence electrons. The number of fused-ring (bicyclic) bond motifs is 2. The van der Waals surface area contributed by atoms with Crippen LogP contribution in [-0.4, -0.2) is 54.3 Å². The van der Waals surface area contributed by atoms with Gasteiger partial charge in [0.25, 0.3) is 0 Å². The molecule has 1 aliphatic rings. The minimum Gasteiger partial charge on any atom is -0.341 e. The molecule has 0 spiro atoms. The van der Waals surface area contributed by atoms with Crippen LogP contribution < -0.4 is 16.0 Å². The number of nitrogens with one attached hydrogen (secondary N) is 3. The van der Waals surface area contributed by atoms with Gasteiger partial charge in [0.1, 0.15) is 5.82 Å². The van der Waals surface area contributed by atoms with E-state index in [1.807, 2.05) is 64.1 Å². The third-order valence-corrected chi connectivity index (χ3v) is 6.62. The molecule has 3 aromatic heterocycles. The smallest absolute Gasteiger partial charge is 0.232 e. The van der Waals surface area contributed by atoms with E-state index in [-0.39, 0.29) is 11.8 Å². The third-order valence-electron chi connectivity index (χ3n) is 6.62. The second-order valence-electron chi connectivity index (χ2n) is 9.38. The molecule has 0 aliphatic carbocycles. The number of benzene rings is 2. The first-order valence-corrected chi connectivity index (χ1v) is 12.8. The highest BCUT2D eigenvalue weighted by atomic mass is 16.2. The molecule has 6 rings (SSSR count). The first-order chi connectivity index (χ1) is 19.0. The number of nitrogens with zero attached hydrogens (tertiary/aromatic N) is 6. The van der Waals surface area contributed by atoms with E-state index in [9.17, 15) is 9.59 Å². The van der Waals surface area contributed by atoms with Crippen molar-refractivity contribution < 1.29 is 9.59 Å². The summed E-state index contributed by atoms with van der Waals surface area (Å²) >= 11 is 0. The lowest BCUT2D eigenvalue weighted by Gasteiger charge is -2.16. The lowest BCUT2D eigenvalue weighted by molar-refractivity contribution is -0.127. The minimum absolute atomic E-state index is 0.132. The molecule has 0 atom stereocenters. The van der Waals surface area contributed by atoms with E-state index in [1.54, 1.807) is 12.5 Å². The molecule has 4 heterocycles. The Labute approximate surface area is 224 Å². The van der Waals surface area contributed by atoms with E-state index in [1.165, 1.54) is 6.92 Å². The number of likely N-dealkylation sites (tertiary alicyclic amines) is 1. The fourth-order valence-corrected chi connectivity index (χ4v) is 4.72. The molecule has 1 fully saturated rings. The second-order valence-corrected chi connectivity index (χ2v) is 9.38. The number of anilines is 5. The fraction of sp³-hybridized carbons (Fsp3) is 0.214.